The highest BCUT2D eigenvalue weighted by atomic mass is 19.1. The highest BCUT2D eigenvalue weighted by Crippen LogP contribution is 2.29. The van der Waals surface area contributed by atoms with Crippen molar-refractivity contribution in [1.29, 1.82) is 0 Å². The number of carbonyl (C=O) groups is 1. The van der Waals surface area contributed by atoms with Crippen LogP contribution in [0, 0.1) is 11.2 Å². The first kappa shape index (κ1) is 9.90. The van der Waals surface area contributed by atoms with Gasteiger partial charge < -0.3 is 5.32 Å². The third-order valence-corrected chi connectivity index (χ3v) is 2.49. The van der Waals surface area contributed by atoms with Crippen molar-refractivity contribution >= 4 is 11.6 Å². The predicted octanol–water partition coefficient (Wildman–Crippen LogP) is 2.32. The molecule has 2 rings (SSSR count). The molecule has 0 saturated carbocycles. The van der Waals surface area contributed by atoms with Gasteiger partial charge in [-0.25, -0.2) is 4.39 Å². The lowest BCUT2D eigenvalue weighted by atomic mass is 9.94. The Hall–Kier alpha value is -1.64. The van der Waals surface area contributed by atoms with E-state index in [9.17, 15) is 9.18 Å². The Balaban J connectivity index is 2.35. The molecule has 0 saturated heterocycles. The topological polar surface area (TPSA) is 29.1 Å². The van der Waals surface area contributed by atoms with Crippen LogP contribution in [0.4, 0.5) is 4.39 Å². The Morgan fingerprint density at radius 2 is 1.80 bits per heavy atom. The Bertz CT molecular complexity index is 431. The fourth-order valence-electron chi connectivity index (χ4n) is 1.53. The summed E-state index contributed by atoms with van der Waals surface area (Å²) in [5.41, 5.74) is 1.10. The van der Waals surface area contributed by atoms with Gasteiger partial charge in [0.2, 0.25) is 5.91 Å². The van der Waals surface area contributed by atoms with Gasteiger partial charge in [0.15, 0.2) is 0 Å². The Labute approximate surface area is 87.8 Å². The normalized spacial score (nSPS) is 18.6. The Kier molecular flexibility index (Phi) is 2.11. The van der Waals surface area contributed by atoms with E-state index in [0.717, 1.165) is 11.3 Å². The first-order valence-corrected chi connectivity index (χ1v) is 4.79. The fraction of sp³-hybridized carbons (Fsp3) is 0.250. The van der Waals surface area contributed by atoms with Crippen molar-refractivity contribution in [1.82, 2.24) is 5.32 Å². The summed E-state index contributed by atoms with van der Waals surface area (Å²) in [7, 11) is 0. The maximum Gasteiger partial charge on any atom is 0.233 e. The van der Waals surface area contributed by atoms with Crippen molar-refractivity contribution < 1.29 is 9.18 Å². The molecular weight excluding hydrogens is 193 g/mol. The monoisotopic (exact) mass is 205 g/mol. The van der Waals surface area contributed by atoms with Crippen molar-refractivity contribution in [3.63, 3.8) is 0 Å². The standard InChI is InChI=1S/C12H12FNO/c1-12(2)7-10(14-11(12)15)8-3-5-9(13)6-4-8/h3-7H,1-2H3,(H,14,15). The quantitative estimate of drug-likeness (QED) is 0.749. The van der Waals surface area contributed by atoms with E-state index in [1.165, 1.54) is 12.1 Å². The summed E-state index contributed by atoms with van der Waals surface area (Å²) in [5, 5.41) is 2.78. The minimum absolute atomic E-state index is 0.0261. The number of nitrogens with one attached hydrogen (secondary N) is 1. The third kappa shape index (κ3) is 1.77. The van der Waals surface area contributed by atoms with E-state index < -0.39 is 5.41 Å². The van der Waals surface area contributed by atoms with Crippen LogP contribution in [0.1, 0.15) is 19.4 Å². The van der Waals surface area contributed by atoms with Crippen LogP contribution >= 0.6 is 0 Å². The lowest BCUT2D eigenvalue weighted by Gasteiger charge is -2.09. The molecule has 0 atom stereocenters. The van der Waals surface area contributed by atoms with Gasteiger partial charge in [-0.05, 0) is 49.8 Å². The molecule has 0 spiro atoms. The summed E-state index contributed by atoms with van der Waals surface area (Å²) >= 11 is 0. The van der Waals surface area contributed by atoms with Gasteiger partial charge in [-0.3, -0.25) is 4.79 Å². The second-order valence-electron chi connectivity index (χ2n) is 4.24. The van der Waals surface area contributed by atoms with E-state index >= 15 is 0 Å². The molecule has 2 nitrogen and oxygen atoms in total. The molecule has 0 aliphatic carbocycles. The lowest BCUT2D eigenvalue weighted by molar-refractivity contribution is -0.124. The smallest absolute Gasteiger partial charge is 0.233 e. The summed E-state index contributed by atoms with van der Waals surface area (Å²) in [6.45, 7) is 3.69. The first-order chi connectivity index (χ1) is 6.99. The van der Waals surface area contributed by atoms with E-state index in [0.29, 0.717) is 0 Å². The van der Waals surface area contributed by atoms with Crippen LogP contribution in [0.2, 0.25) is 0 Å². The van der Waals surface area contributed by atoms with Crippen LogP contribution in [0.15, 0.2) is 30.3 Å². The molecule has 0 bridgehead atoms. The molecule has 78 valence electrons. The molecule has 1 amide bonds. The Morgan fingerprint density at radius 1 is 1.20 bits per heavy atom. The number of halogens is 1. The predicted molar refractivity (Wildman–Crippen MR) is 56.3 cm³/mol. The van der Waals surface area contributed by atoms with Gasteiger partial charge in [0.25, 0.3) is 0 Å². The average Bonchev–Trinajstić information content (AvgIpc) is 2.42. The first-order valence-electron chi connectivity index (χ1n) is 4.79. The minimum atomic E-state index is -0.482. The largest absolute Gasteiger partial charge is 0.325 e. The zero-order chi connectivity index (χ0) is 11.1. The summed E-state index contributed by atoms with van der Waals surface area (Å²) in [6.07, 6.45) is 1.86. The van der Waals surface area contributed by atoms with Gasteiger partial charge in [-0.1, -0.05) is 0 Å². The molecule has 1 aromatic rings. The van der Waals surface area contributed by atoms with Crippen molar-refractivity contribution in [2.75, 3.05) is 0 Å². The molecule has 1 N–H and O–H groups in total. The van der Waals surface area contributed by atoms with Crippen LogP contribution < -0.4 is 5.32 Å². The molecule has 1 aliphatic rings. The van der Waals surface area contributed by atoms with Gasteiger partial charge in [0.05, 0.1) is 5.41 Å². The van der Waals surface area contributed by atoms with E-state index in [1.54, 1.807) is 12.1 Å². The number of benzene rings is 1. The highest BCUT2D eigenvalue weighted by Gasteiger charge is 2.32. The summed E-state index contributed by atoms with van der Waals surface area (Å²) in [5.74, 6) is -0.301. The maximum atomic E-state index is 12.7. The van der Waals surface area contributed by atoms with Crippen molar-refractivity contribution in [3.8, 4) is 0 Å². The van der Waals surface area contributed by atoms with Crippen molar-refractivity contribution in [3.05, 3.63) is 41.7 Å². The van der Waals surface area contributed by atoms with Crippen LogP contribution in [0.3, 0.4) is 0 Å². The second-order valence-corrected chi connectivity index (χ2v) is 4.24. The number of hydrogen-bond donors (Lipinski definition) is 1. The molecule has 0 radical (unpaired) electrons. The van der Waals surface area contributed by atoms with Crippen molar-refractivity contribution in [2.24, 2.45) is 5.41 Å². The van der Waals surface area contributed by atoms with Crippen LogP contribution in [0.25, 0.3) is 5.70 Å². The number of carbonyl (C=O) groups excluding carboxylic acids is 1. The lowest BCUT2D eigenvalue weighted by Crippen LogP contribution is -2.26. The fourth-order valence-corrected chi connectivity index (χ4v) is 1.53. The molecule has 3 heteroatoms. The van der Waals surface area contributed by atoms with Crippen LogP contribution in [0.5, 0.6) is 0 Å². The summed E-state index contributed by atoms with van der Waals surface area (Å²) in [6, 6.07) is 6.08. The number of rotatable bonds is 1. The number of hydrogen-bond acceptors (Lipinski definition) is 1. The van der Waals surface area contributed by atoms with E-state index in [1.807, 2.05) is 19.9 Å². The third-order valence-electron chi connectivity index (χ3n) is 2.49. The molecule has 0 unspecified atom stereocenters. The average molecular weight is 205 g/mol. The van der Waals surface area contributed by atoms with Crippen LogP contribution in [-0.4, -0.2) is 5.91 Å². The van der Waals surface area contributed by atoms with Crippen molar-refractivity contribution in [2.45, 2.75) is 13.8 Å². The van der Waals surface area contributed by atoms with Crippen LogP contribution in [-0.2, 0) is 4.79 Å². The maximum absolute atomic E-state index is 12.7. The molecule has 15 heavy (non-hydrogen) atoms. The number of amides is 1. The van der Waals surface area contributed by atoms with Gasteiger partial charge in [0.1, 0.15) is 5.82 Å². The molecule has 1 aliphatic heterocycles. The Morgan fingerprint density at radius 3 is 2.27 bits per heavy atom. The van der Waals surface area contributed by atoms with E-state index in [-0.39, 0.29) is 11.7 Å². The molecule has 0 fully saturated rings. The zero-order valence-electron chi connectivity index (χ0n) is 8.67. The summed E-state index contributed by atoms with van der Waals surface area (Å²) in [4.78, 5) is 11.5. The second kappa shape index (κ2) is 3.19. The summed E-state index contributed by atoms with van der Waals surface area (Å²) < 4.78 is 12.7. The van der Waals surface area contributed by atoms with E-state index in [2.05, 4.69) is 5.32 Å². The van der Waals surface area contributed by atoms with Gasteiger partial charge in [-0.2, -0.15) is 0 Å². The molecule has 1 heterocycles. The van der Waals surface area contributed by atoms with E-state index in [4.69, 9.17) is 0 Å². The highest BCUT2D eigenvalue weighted by molar-refractivity contribution is 5.97. The zero-order valence-corrected chi connectivity index (χ0v) is 8.67. The van der Waals surface area contributed by atoms with Gasteiger partial charge >= 0.3 is 0 Å². The minimum Gasteiger partial charge on any atom is -0.325 e. The molecule has 1 aromatic carbocycles. The SMILES string of the molecule is CC1(C)C=C(c2ccc(F)cc2)NC1=O. The van der Waals surface area contributed by atoms with Gasteiger partial charge in [-0.15, -0.1) is 0 Å². The molecule has 0 aromatic heterocycles. The molecular formula is C12H12FNO. The van der Waals surface area contributed by atoms with Gasteiger partial charge in [0, 0.05) is 5.70 Å².